The number of carbonyl (C=O) groups excluding carboxylic acids is 3. The Labute approximate surface area is 173 Å². The van der Waals surface area contributed by atoms with Crippen molar-refractivity contribution in [1.82, 2.24) is 15.5 Å². The number of hydrogen-bond acceptors (Lipinski definition) is 6. The topological polar surface area (TPSA) is 111 Å². The first-order chi connectivity index (χ1) is 13.9. The molecule has 3 heterocycles. The molecule has 0 radical (unpaired) electrons. The molecule has 0 aliphatic carbocycles. The van der Waals surface area contributed by atoms with E-state index in [1.54, 1.807) is 29.7 Å². The fraction of sp³-hybridized carbons (Fsp3) is 0.550. The molecule has 29 heavy (non-hydrogen) atoms. The Morgan fingerprint density at radius 3 is 2.83 bits per heavy atom. The molecule has 2 saturated heterocycles. The van der Waals surface area contributed by atoms with E-state index in [1.165, 1.54) is 0 Å². The highest BCUT2D eigenvalue weighted by Crippen LogP contribution is 2.32. The van der Waals surface area contributed by atoms with Crippen molar-refractivity contribution in [3.05, 3.63) is 29.8 Å². The zero-order valence-corrected chi connectivity index (χ0v) is 17.1. The van der Waals surface area contributed by atoms with Gasteiger partial charge in [0.15, 0.2) is 0 Å². The normalized spacial score (nSPS) is 30.2. The van der Waals surface area contributed by atoms with Gasteiger partial charge in [0.25, 0.3) is 5.91 Å². The van der Waals surface area contributed by atoms with Gasteiger partial charge in [-0.25, -0.2) is 0 Å². The van der Waals surface area contributed by atoms with Crippen molar-refractivity contribution in [3.63, 3.8) is 0 Å². The second-order valence-corrected chi connectivity index (χ2v) is 9.01. The molecule has 2 fully saturated rings. The summed E-state index contributed by atoms with van der Waals surface area (Å²) in [5, 5.41) is 19.2. The first-order valence-corrected chi connectivity index (χ1v) is 11.1. The second-order valence-electron chi connectivity index (χ2n) is 7.94. The second kappa shape index (κ2) is 7.87. The molecule has 0 unspecified atom stereocenters. The summed E-state index contributed by atoms with van der Waals surface area (Å²) in [6.07, 6.45) is 0.628. The van der Waals surface area contributed by atoms with E-state index in [9.17, 15) is 19.5 Å². The number of nitrogens with zero attached hydrogens (tertiary/aromatic N) is 1. The largest absolute Gasteiger partial charge is 0.390 e. The Morgan fingerprint density at radius 2 is 2.07 bits per heavy atom. The summed E-state index contributed by atoms with van der Waals surface area (Å²) in [6.45, 7) is 2.06. The zero-order chi connectivity index (χ0) is 20.6. The maximum Gasteiger partial charge on any atom is 0.255 e. The van der Waals surface area contributed by atoms with Crippen LogP contribution in [-0.2, 0) is 9.59 Å². The van der Waals surface area contributed by atoms with Gasteiger partial charge in [-0.15, -0.1) is 0 Å². The highest BCUT2D eigenvalue weighted by Gasteiger charge is 2.42. The number of aliphatic hydroxyl groups is 1. The molecule has 156 valence electrons. The first-order valence-electron chi connectivity index (χ1n) is 9.94. The van der Waals surface area contributed by atoms with E-state index in [0.717, 1.165) is 5.69 Å². The van der Waals surface area contributed by atoms with E-state index in [1.807, 2.05) is 18.2 Å². The number of thioether (sulfide) groups is 1. The van der Waals surface area contributed by atoms with E-state index >= 15 is 0 Å². The van der Waals surface area contributed by atoms with E-state index in [0.29, 0.717) is 36.5 Å². The molecule has 0 aromatic heterocycles. The van der Waals surface area contributed by atoms with Crippen LogP contribution in [0.1, 0.15) is 36.5 Å². The van der Waals surface area contributed by atoms with Crippen molar-refractivity contribution in [2.45, 2.75) is 50.0 Å². The Kier molecular flexibility index (Phi) is 5.44. The minimum absolute atomic E-state index is 0.110. The van der Waals surface area contributed by atoms with Gasteiger partial charge >= 0.3 is 0 Å². The van der Waals surface area contributed by atoms with Crippen molar-refractivity contribution in [3.8, 4) is 0 Å². The number of fused-ring (bicyclic) bond motifs is 1. The number of nitrogens with one attached hydrogen (secondary N) is 3. The molecule has 4 rings (SSSR count). The average molecular weight is 419 g/mol. The minimum atomic E-state index is -0.704. The summed E-state index contributed by atoms with van der Waals surface area (Å²) in [5.41, 5.74) is 0.645. The van der Waals surface area contributed by atoms with Crippen molar-refractivity contribution in [2.24, 2.45) is 0 Å². The fourth-order valence-corrected chi connectivity index (χ4v) is 5.34. The van der Waals surface area contributed by atoms with E-state index in [4.69, 9.17) is 0 Å². The van der Waals surface area contributed by atoms with Gasteiger partial charge in [0.2, 0.25) is 11.8 Å². The number of aliphatic hydroxyl groups excluding tert-OH is 1. The number of rotatable bonds is 3. The van der Waals surface area contributed by atoms with Gasteiger partial charge in [0, 0.05) is 36.6 Å². The van der Waals surface area contributed by atoms with Crippen LogP contribution in [0.25, 0.3) is 0 Å². The van der Waals surface area contributed by atoms with Crippen molar-refractivity contribution >= 4 is 35.2 Å². The smallest absolute Gasteiger partial charge is 0.255 e. The fourth-order valence-electron chi connectivity index (χ4n) is 4.17. The molecular weight excluding hydrogens is 392 g/mol. The SMILES string of the molecule is C[C@H](C(=O)N[C@@H]1CSC[C@H]1O)N1CC[C@]2(CCC1=O)NC(=O)c1ccccc1N2. The lowest BCUT2D eigenvalue weighted by Crippen LogP contribution is -2.58. The summed E-state index contributed by atoms with van der Waals surface area (Å²) >= 11 is 1.60. The lowest BCUT2D eigenvalue weighted by Gasteiger charge is -2.40. The quantitative estimate of drug-likeness (QED) is 0.570. The summed E-state index contributed by atoms with van der Waals surface area (Å²) in [4.78, 5) is 39.6. The number of anilines is 1. The number of para-hydroxylation sites is 1. The molecule has 3 aliphatic heterocycles. The lowest BCUT2D eigenvalue weighted by molar-refractivity contribution is -0.139. The number of amides is 3. The molecule has 3 amide bonds. The van der Waals surface area contributed by atoms with Crippen LogP contribution >= 0.6 is 11.8 Å². The van der Waals surface area contributed by atoms with Crippen LogP contribution in [0.15, 0.2) is 24.3 Å². The summed E-state index contributed by atoms with van der Waals surface area (Å²) < 4.78 is 0. The predicted octanol–water partition coefficient (Wildman–Crippen LogP) is 0.532. The van der Waals surface area contributed by atoms with Gasteiger partial charge in [-0.2, -0.15) is 11.8 Å². The minimum Gasteiger partial charge on any atom is -0.390 e. The van der Waals surface area contributed by atoms with Crippen molar-refractivity contribution in [1.29, 1.82) is 0 Å². The zero-order valence-electron chi connectivity index (χ0n) is 16.3. The van der Waals surface area contributed by atoms with Crippen molar-refractivity contribution < 1.29 is 19.5 Å². The van der Waals surface area contributed by atoms with Crippen LogP contribution in [0.3, 0.4) is 0 Å². The molecule has 4 N–H and O–H groups in total. The highest BCUT2D eigenvalue weighted by molar-refractivity contribution is 7.99. The number of likely N-dealkylation sites (tertiary alicyclic amines) is 1. The number of hydrogen-bond donors (Lipinski definition) is 4. The average Bonchev–Trinajstić information content (AvgIpc) is 3.03. The molecule has 8 nitrogen and oxygen atoms in total. The van der Waals surface area contributed by atoms with E-state index in [2.05, 4.69) is 16.0 Å². The van der Waals surface area contributed by atoms with Crippen molar-refractivity contribution in [2.75, 3.05) is 23.4 Å². The Bertz CT molecular complexity index is 834. The van der Waals surface area contributed by atoms with Gasteiger partial charge in [0.05, 0.1) is 17.7 Å². The maximum atomic E-state index is 12.8. The summed E-state index contributed by atoms with van der Waals surface area (Å²) in [6, 6.07) is 6.40. The number of benzene rings is 1. The third-order valence-electron chi connectivity index (χ3n) is 5.99. The highest BCUT2D eigenvalue weighted by atomic mass is 32.2. The molecule has 4 atom stereocenters. The third-order valence-corrected chi connectivity index (χ3v) is 7.16. The van der Waals surface area contributed by atoms with Crippen LogP contribution in [0.5, 0.6) is 0 Å². The number of carbonyl (C=O) groups is 3. The van der Waals surface area contributed by atoms with E-state index in [-0.39, 0.29) is 30.2 Å². The monoisotopic (exact) mass is 418 g/mol. The van der Waals surface area contributed by atoms with Crippen LogP contribution in [-0.4, -0.2) is 69.6 Å². The first kappa shape index (κ1) is 20.0. The summed E-state index contributed by atoms with van der Waals surface area (Å²) in [7, 11) is 0. The van der Waals surface area contributed by atoms with Gasteiger partial charge < -0.3 is 26.0 Å². The van der Waals surface area contributed by atoms with Gasteiger partial charge in [0.1, 0.15) is 11.7 Å². The van der Waals surface area contributed by atoms with Crippen LogP contribution in [0, 0.1) is 0 Å². The molecule has 0 bridgehead atoms. The molecule has 1 spiro atoms. The Balaban J connectivity index is 1.45. The third kappa shape index (κ3) is 3.93. The lowest BCUT2D eigenvalue weighted by atomic mass is 9.95. The molecule has 1 aromatic rings. The molecule has 9 heteroatoms. The van der Waals surface area contributed by atoms with Crippen LogP contribution in [0.4, 0.5) is 5.69 Å². The van der Waals surface area contributed by atoms with Gasteiger partial charge in [-0.05, 0) is 25.5 Å². The van der Waals surface area contributed by atoms with Crippen LogP contribution < -0.4 is 16.0 Å². The summed E-state index contributed by atoms with van der Waals surface area (Å²) in [5.74, 6) is 0.759. The van der Waals surface area contributed by atoms with E-state index < -0.39 is 17.8 Å². The Morgan fingerprint density at radius 1 is 1.28 bits per heavy atom. The molecule has 0 saturated carbocycles. The maximum absolute atomic E-state index is 12.8. The van der Waals surface area contributed by atoms with Gasteiger partial charge in [-0.3, -0.25) is 14.4 Å². The van der Waals surface area contributed by atoms with Crippen LogP contribution in [0.2, 0.25) is 0 Å². The molecule has 3 aliphatic rings. The molecule has 1 aromatic carbocycles. The van der Waals surface area contributed by atoms with Gasteiger partial charge in [-0.1, -0.05) is 12.1 Å². The predicted molar refractivity (Wildman–Crippen MR) is 111 cm³/mol. The standard InChI is InChI=1S/C20H26N4O4S/c1-12(18(27)21-15-10-29-11-16(15)25)24-9-8-20(7-6-17(24)26)22-14-5-3-2-4-13(14)19(28)23-20/h2-5,12,15-16,22,25H,6-11H2,1H3,(H,21,27)(H,23,28)/t12-,15-,16-,20+/m1/s1. The molecular formula is C20H26N4O4S. The Hall–Kier alpha value is -2.26.